The van der Waals surface area contributed by atoms with Crippen LogP contribution in [0.5, 0.6) is 0 Å². The van der Waals surface area contributed by atoms with E-state index in [0.29, 0.717) is 0 Å². The number of pyridine rings is 1. The van der Waals surface area contributed by atoms with E-state index in [4.69, 9.17) is 10.3 Å². The van der Waals surface area contributed by atoms with Gasteiger partial charge in [-0.15, -0.1) is 0 Å². The Labute approximate surface area is 156 Å². The largest absolute Gasteiger partial charge is 0.443 e. The fraction of sp³-hybridized carbons (Fsp3) is 0.562. The fourth-order valence-electron chi connectivity index (χ4n) is 2.06. The molecule has 11 heteroatoms. The number of nitro groups is 1. The Hall–Kier alpha value is -3.20. The smallest absolute Gasteiger partial charge is 0.417 e. The number of imide groups is 1. The normalized spacial score (nSPS) is 12.1. The van der Waals surface area contributed by atoms with Crippen LogP contribution in [0.2, 0.25) is 0 Å². The van der Waals surface area contributed by atoms with Crippen molar-refractivity contribution in [2.45, 2.75) is 52.8 Å². The molecule has 0 aromatic carbocycles. The van der Waals surface area contributed by atoms with Gasteiger partial charge in [0.15, 0.2) is 0 Å². The van der Waals surface area contributed by atoms with Gasteiger partial charge in [0, 0.05) is 23.2 Å². The van der Waals surface area contributed by atoms with E-state index in [9.17, 15) is 19.7 Å². The minimum absolute atomic E-state index is 0.117. The van der Waals surface area contributed by atoms with Gasteiger partial charge in [-0.3, -0.25) is 19.9 Å². The van der Waals surface area contributed by atoms with E-state index in [-0.39, 0.29) is 23.8 Å². The van der Waals surface area contributed by atoms with Gasteiger partial charge in [-0.1, -0.05) is 19.0 Å². The van der Waals surface area contributed by atoms with Crippen molar-refractivity contribution in [1.29, 1.82) is 0 Å². The van der Waals surface area contributed by atoms with E-state index >= 15 is 0 Å². The fourth-order valence-corrected chi connectivity index (χ4v) is 2.06. The van der Waals surface area contributed by atoms with Crippen molar-refractivity contribution in [1.82, 2.24) is 9.88 Å². The van der Waals surface area contributed by atoms with Gasteiger partial charge >= 0.3 is 6.09 Å². The average Bonchev–Trinajstić information content (AvgIpc) is 2.55. The monoisotopic (exact) mass is 378 g/mol. The van der Waals surface area contributed by atoms with Crippen LogP contribution in [0, 0.1) is 16.0 Å². The van der Waals surface area contributed by atoms with Crippen molar-refractivity contribution >= 4 is 17.7 Å². The highest BCUT2D eigenvalue weighted by molar-refractivity contribution is 5.95. The molecule has 0 saturated heterocycles. The Morgan fingerprint density at radius 2 is 2.07 bits per heavy atom. The number of hydrogen-bond donors (Lipinski definition) is 0. The Kier molecular flexibility index (Phi) is 7.24. The first-order chi connectivity index (χ1) is 12.5. The van der Waals surface area contributed by atoms with Gasteiger partial charge in [-0.25, -0.2) is 9.69 Å². The summed E-state index contributed by atoms with van der Waals surface area (Å²) >= 11 is 0. The molecule has 0 radical (unpaired) electrons. The second-order valence-electron chi connectivity index (χ2n) is 7.06. The number of rotatable bonds is 6. The third kappa shape index (κ3) is 6.55. The van der Waals surface area contributed by atoms with E-state index in [1.54, 1.807) is 34.6 Å². The first-order valence-electron chi connectivity index (χ1n) is 8.14. The summed E-state index contributed by atoms with van der Waals surface area (Å²) in [7, 11) is 0. The lowest BCUT2D eigenvalue weighted by molar-refractivity contribution is -0.385. The number of ether oxygens (including phenoxy) is 1. The molecule has 0 saturated carbocycles. The first kappa shape index (κ1) is 21.8. The lowest BCUT2D eigenvalue weighted by atomic mass is 10.0. The molecule has 1 aromatic heterocycles. The van der Waals surface area contributed by atoms with E-state index in [1.165, 1.54) is 12.3 Å². The SMILES string of the molecule is CC(C)[C@@H](N=[N+]=[N-])C(=O)N(Cc1cc([N+](=O)[O-])ccn1)C(=O)OC(C)(C)C. The van der Waals surface area contributed by atoms with Gasteiger partial charge in [0.25, 0.3) is 5.69 Å². The van der Waals surface area contributed by atoms with Crippen LogP contribution < -0.4 is 0 Å². The summed E-state index contributed by atoms with van der Waals surface area (Å²) in [6.45, 7) is 7.86. The maximum absolute atomic E-state index is 12.8. The van der Waals surface area contributed by atoms with Gasteiger partial charge in [0.05, 0.1) is 17.2 Å². The second kappa shape index (κ2) is 8.95. The summed E-state index contributed by atoms with van der Waals surface area (Å²) < 4.78 is 5.25. The molecule has 0 unspecified atom stereocenters. The summed E-state index contributed by atoms with van der Waals surface area (Å²) in [6.07, 6.45) is 0.248. The highest BCUT2D eigenvalue weighted by Gasteiger charge is 2.33. The average molecular weight is 378 g/mol. The Morgan fingerprint density at radius 1 is 1.44 bits per heavy atom. The van der Waals surface area contributed by atoms with Crippen LogP contribution in [0.1, 0.15) is 40.3 Å². The molecular formula is C16H22N6O5. The van der Waals surface area contributed by atoms with Crippen molar-refractivity contribution in [3.63, 3.8) is 0 Å². The second-order valence-corrected chi connectivity index (χ2v) is 7.06. The van der Waals surface area contributed by atoms with Gasteiger partial charge in [0.2, 0.25) is 5.91 Å². The molecule has 1 aromatic rings. The molecule has 0 bridgehead atoms. The molecule has 0 fully saturated rings. The van der Waals surface area contributed by atoms with Crippen LogP contribution in [-0.2, 0) is 16.1 Å². The van der Waals surface area contributed by atoms with Crippen molar-refractivity contribution < 1.29 is 19.2 Å². The molecule has 1 atom stereocenters. The zero-order valence-electron chi connectivity index (χ0n) is 15.8. The van der Waals surface area contributed by atoms with Gasteiger partial charge < -0.3 is 4.74 Å². The maximum Gasteiger partial charge on any atom is 0.417 e. The molecule has 0 aliphatic carbocycles. The van der Waals surface area contributed by atoms with E-state index in [0.717, 1.165) is 11.0 Å². The molecule has 0 spiro atoms. The van der Waals surface area contributed by atoms with Gasteiger partial charge in [-0.05, 0) is 32.2 Å². The molecule has 11 nitrogen and oxygen atoms in total. The summed E-state index contributed by atoms with van der Waals surface area (Å²) in [5, 5.41) is 14.4. The Balaban J connectivity index is 3.27. The van der Waals surface area contributed by atoms with E-state index in [1.807, 2.05) is 0 Å². The summed E-state index contributed by atoms with van der Waals surface area (Å²) in [6, 6.07) is 1.21. The quantitative estimate of drug-likeness (QED) is 0.242. The molecule has 1 rings (SSSR count). The highest BCUT2D eigenvalue weighted by Crippen LogP contribution is 2.19. The van der Waals surface area contributed by atoms with Crippen LogP contribution >= 0.6 is 0 Å². The Morgan fingerprint density at radius 3 is 2.56 bits per heavy atom. The Bertz CT molecular complexity index is 767. The summed E-state index contributed by atoms with van der Waals surface area (Å²) in [5.41, 5.74) is 7.72. The number of hydrogen-bond acceptors (Lipinski definition) is 7. The summed E-state index contributed by atoms with van der Waals surface area (Å²) in [4.78, 5) is 43.1. The van der Waals surface area contributed by atoms with Gasteiger partial charge in [0.1, 0.15) is 11.6 Å². The number of nitrogens with zero attached hydrogens (tertiary/aromatic N) is 6. The standard InChI is InChI=1S/C16H22N6O5/c1-10(2)13(19-20-17)14(23)21(15(24)27-16(3,4)5)9-11-8-12(22(25)26)6-7-18-11/h6-8,10,13H,9H2,1-5H3/t13-/m1/s1. The minimum Gasteiger partial charge on any atom is -0.443 e. The van der Waals surface area contributed by atoms with Crippen molar-refractivity contribution in [3.8, 4) is 0 Å². The molecule has 0 aliphatic rings. The lowest BCUT2D eigenvalue weighted by Crippen LogP contribution is -2.46. The lowest BCUT2D eigenvalue weighted by Gasteiger charge is -2.28. The maximum atomic E-state index is 12.8. The molecule has 2 amide bonds. The topological polar surface area (TPSA) is 151 Å². The van der Waals surface area contributed by atoms with Crippen LogP contribution in [0.3, 0.4) is 0 Å². The predicted molar refractivity (Wildman–Crippen MR) is 95.4 cm³/mol. The first-order valence-corrected chi connectivity index (χ1v) is 8.14. The van der Waals surface area contributed by atoms with Gasteiger partial charge in [-0.2, -0.15) is 0 Å². The van der Waals surface area contributed by atoms with Crippen LogP contribution in [0.4, 0.5) is 10.5 Å². The van der Waals surface area contributed by atoms with Crippen molar-refractivity contribution in [3.05, 3.63) is 44.6 Å². The highest BCUT2D eigenvalue weighted by atomic mass is 16.6. The third-order valence-corrected chi connectivity index (χ3v) is 3.27. The molecular weight excluding hydrogens is 356 g/mol. The van der Waals surface area contributed by atoms with E-state index < -0.39 is 28.6 Å². The predicted octanol–water partition coefficient (Wildman–Crippen LogP) is 3.59. The molecule has 146 valence electrons. The third-order valence-electron chi connectivity index (χ3n) is 3.27. The number of aromatic nitrogens is 1. The molecule has 0 N–H and O–H groups in total. The zero-order chi connectivity index (χ0) is 20.8. The number of azide groups is 1. The van der Waals surface area contributed by atoms with Crippen molar-refractivity contribution in [2.24, 2.45) is 11.0 Å². The molecule has 0 aliphatic heterocycles. The van der Waals surface area contributed by atoms with Crippen LogP contribution in [0.15, 0.2) is 23.4 Å². The van der Waals surface area contributed by atoms with Crippen molar-refractivity contribution in [2.75, 3.05) is 0 Å². The molecule has 27 heavy (non-hydrogen) atoms. The summed E-state index contributed by atoms with van der Waals surface area (Å²) in [5.74, 6) is -1.15. The minimum atomic E-state index is -1.14. The number of carbonyl (C=O) groups excluding carboxylic acids is 2. The number of carbonyl (C=O) groups is 2. The van der Waals surface area contributed by atoms with E-state index in [2.05, 4.69) is 15.0 Å². The van der Waals surface area contributed by atoms with Crippen LogP contribution in [-0.4, -0.2) is 38.5 Å². The molecule has 1 heterocycles. The van der Waals surface area contributed by atoms with Crippen LogP contribution in [0.25, 0.3) is 10.4 Å². The zero-order valence-corrected chi connectivity index (χ0v) is 15.8. The number of amides is 2.